The van der Waals surface area contributed by atoms with E-state index in [1.54, 1.807) is 0 Å². The number of pyridine rings is 2. The van der Waals surface area contributed by atoms with E-state index in [1.165, 1.54) is 22.3 Å². The van der Waals surface area contributed by atoms with E-state index in [-0.39, 0.29) is 0 Å². The number of anilines is 4. The zero-order chi connectivity index (χ0) is 22.8. The van der Waals surface area contributed by atoms with Crippen LogP contribution in [0.15, 0.2) is 36.7 Å². The van der Waals surface area contributed by atoms with E-state index in [4.69, 9.17) is 0 Å². The molecule has 0 unspecified atom stereocenters. The molecule has 0 saturated heterocycles. The Morgan fingerprint density at radius 1 is 0.688 bits per heavy atom. The van der Waals surface area contributed by atoms with Crippen molar-refractivity contribution in [2.75, 3.05) is 34.4 Å². The second-order valence-corrected chi connectivity index (χ2v) is 9.07. The van der Waals surface area contributed by atoms with Crippen molar-refractivity contribution in [1.29, 1.82) is 0 Å². The zero-order valence-corrected chi connectivity index (χ0v) is 19.9. The molecule has 0 amide bonds. The van der Waals surface area contributed by atoms with Crippen molar-refractivity contribution in [2.24, 2.45) is 0 Å². The van der Waals surface area contributed by atoms with E-state index < -0.39 is 0 Å². The van der Waals surface area contributed by atoms with Crippen molar-refractivity contribution in [2.45, 2.75) is 53.6 Å². The summed E-state index contributed by atoms with van der Waals surface area (Å²) in [5.41, 5.74) is 9.46. The molecule has 3 aromatic rings. The van der Waals surface area contributed by atoms with Gasteiger partial charge in [-0.1, -0.05) is 0 Å². The van der Waals surface area contributed by atoms with Crippen LogP contribution in [0, 0.1) is 13.8 Å². The predicted octanol–water partition coefficient (Wildman–Crippen LogP) is 5.91. The quantitative estimate of drug-likeness (QED) is 0.390. The van der Waals surface area contributed by atoms with Gasteiger partial charge < -0.3 is 21.3 Å². The Hall–Kier alpha value is -3.28. The molecule has 6 heteroatoms. The van der Waals surface area contributed by atoms with Gasteiger partial charge in [0.1, 0.15) is 11.6 Å². The lowest BCUT2D eigenvalue weighted by atomic mass is 9.87. The summed E-state index contributed by atoms with van der Waals surface area (Å²) >= 11 is 0. The highest BCUT2D eigenvalue weighted by molar-refractivity contribution is 6.00. The molecule has 0 aliphatic carbocycles. The summed E-state index contributed by atoms with van der Waals surface area (Å²) in [5.74, 6) is 1.80. The number of hydrogen-bond donors (Lipinski definition) is 4. The van der Waals surface area contributed by atoms with Crippen LogP contribution in [0.25, 0.3) is 22.3 Å². The third-order valence-electron chi connectivity index (χ3n) is 5.77. The number of rotatable bonds is 6. The third-order valence-corrected chi connectivity index (χ3v) is 5.77. The van der Waals surface area contributed by atoms with Crippen molar-refractivity contribution in [3.63, 3.8) is 0 Å². The number of hydrogen-bond acceptors (Lipinski definition) is 6. The molecule has 6 nitrogen and oxygen atoms in total. The summed E-state index contributed by atoms with van der Waals surface area (Å²) in [4.78, 5) is 9.31. The summed E-state index contributed by atoms with van der Waals surface area (Å²) in [6, 6.07) is 9.14. The monoisotopic (exact) mass is 430 g/mol. The fraction of sp³-hybridized carbons (Fsp3) is 0.385. The van der Waals surface area contributed by atoms with Crippen molar-refractivity contribution >= 4 is 23.0 Å². The minimum absolute atomic E-state index is 0.353. The Balaban J connectivity index is 1.81. The fourth-order valence-corrected chi connectivity index (χ4v) is 4.30. The normalized spacial score (nSPS) is 12.9. The zero-order valence-electron chi connectivity index (χ0n) is 19.9. The van der Waals surface area contributed by atoms with Crippen LogP contribution in [-0.4, -0.2) is 35.1 Å². The van der Waals surface area contributed by atoms with Crippen LogP contribution in [-0.2, 0) is 0 Å². The highest BCUT2D eigenvalue weighted by Crippen LogP contribution is 2.47. The van der Waals surface area contributed by atoms with Crippen molar-refractivity contribution in [1.82, 2.24) is 9.97 Å². The standard InChI is InChI=1S/C26H34N6/c1-15(2)31-21-9-7-19(13-29-21)23-17(5)18(6)24(26-25(23)27-11-12-28-26)20-8-10-22(30-14-20)32-16(3)4/h7-10,13-16,27-28H,11-12H2,1-6H3,(H,29,31)(H,30,32). The van der Waals surface area contributed by atoms with E-state index in [1.807, 2.05) is 12.4 Å². The number of nitrogens with one attached hydrogen (secondary N) is 4. The molecule has 1 aliphatic rings. The van der Waals surface area contributed by atoms with Crippen molar-refractivity contribution in [3.8, 4) is 22.3 Å². The van der Waals surface area contributed by atoms with E-state index in [2.05, 4.69) is 97.0 Å². The fourth-order valence-electron chi connectivity index (χ4n) is 4.30. The number of aromatic nitrogens is 2. The maximum atomic E-state index is 4.65. The first kappa shape index (κ1) is 21.9. The molecule has 32 heavy (non-hydrogen) atoms. The minimum atomic E-state index is 0.353. The lowest BCUT2D eigenvalue weighted by Gasteiger charge is -2.29. The molecule has 3 heterocycles. The smallest absolute Gasteiger partial charge is 0.126 e. The average Bonchev–Trinajstić information content (AvgIpc) is 2.76. The maximum Gasteiger partial charge on any atom is 0.126 e. The second-order valence-electron chi connectivity index (χ2n) is 9.07. The topological polar surface area (TPSA) is 73.9 Å². The minimum Gasteiger partial charge on any atom is -0.381 e. The molecular formula is C26H34N6. The first-order valence-electron chi connectivity index (χ1n) is 11.5. The molecule has 0 spiro atoms. The van der Waals surface area contributed by atoms with Gasteiger partial charge in [0.2, 0.25) is 0 Å². The summed E-state index contributed by atoms with van der Waals surface area (Å²) in [6.45, 7) is 14.7. The van der Waals surface area contributed by atoms with Crippen LogP contribution < -0.4 is 21.3 Å². The lowest BCUT2D eigenvalue weighted by Crippen LogP contribution is -2.22. The van der Waals surface area contributed by atoms with Crippen LogP contribution in [0.2, 0.25) is 0 Å². The molecule has 1 aromatic carbocycles. The molecule has 0 radical (unpaired) electrons. The van der Waals surface area contributed by atoms with Crippen molar-refractivity contribution in [3.05, 3.63) is 47.8 Å². The Labute approximate surface area is 191 Å². The van der Waals surface area contributed by atoms with Gasteiger partial charge in [0.25, 0.3) is 0 Å². The Morgan fingerprint density at radius 3 is 1.41 bits per heavy atom. The van der Waals surface area contributed by atoms with Crippen LogP contribution in [0.4, 0.5) is 23.0 Å². The third kappa shape index (κ3) is 4.35. The van der Waals surface area contributed by atoms with E-state index in [0.717, 1.165) is 47.2 Å². The van der Waals surface area contributed by atoms with E-state index in [0.29, 0.717) is 12.1 Å². The van der Waals surface area contributed by atoms with Crippen molar-refractivity contribution < 1.29 is 0 Å². The van der Waals surface area contributed by atoms with E-state index in [9.17, 15) is 0 Å². The summed E-state index contributed by atoms with van der Waals surface area (Å²) < 4.78 is 0. The highest BCUT2D eigenvalue weighted by Gasteiger charge is 2.24. The molecule has 0 bridgehead atoms. The Bertz CT molecular complexity index is 997. The number of fused-ring (bicyclic) bond motifs is 1. The van der Waals surface area contributed by atoms with E-state index >= 15 is 0 Å². The summed E-state index contributed by atoms with van der Waals surface area (Å²) in [5, 5.41) is 14.0. The second kappa shape index (κ2) is 9.07. The molecular weight excluding hydrogens is 396 g/mol. The lowest BCUT2D eigenvalue weighted by molar-refractivity contribution is 0.889. The SMILES string of the molecule is Cc1c(C)c(-c2ccc(NC(C)C)nc2)c2c(c1-c1ccc(NC(C)C)nc1)NCCN2. The highest BCUT2D eigenvalue weighted by atomic mass is 15.0. The first-order valence-corrected chi connectivity index (χ1v) is 11.5. The van der Waals surface area contributed by atoms with Crippen LogP contribution in [0.3, 0.4) is 0 Å². The summed E-state index contributed by atoms with van der Waals surface area (Å²) in [6.07, 6.45) is 3.94. The Morgan fingerprint density at radius 2 is 1.09 bits per heavy atom. The van der Waals surface area contributed by atoms with Gasteiger partial charge in [0.05, 0.1) is 11.4 Å². The predicted molar refractivity (Wildman–Crippen MR) is 137 cm³/mol. The molecule has 4 N–H and O–H groups in total. The van der Waals surface area contributed by atoms with Gasteiger partial charge in [0.15, 0.2) is 0 Å². The molecule has 168 valence electrons. The number of benzene rings is 1. The largest absolute Gasteiger partial charge is 0.381 e. The maximum absolute atomic E-state index is 4.65. The molecule has 2 aromatic heterocycles. The van der Waals surface area contributed by atoms with Gasteiger partial charge in [-0.25, -0.2) is 9.97 Å². The Kier molecular flexibility index (Phi) is 6.21. The van der Waals surface area contributed by atoms with Gasteiger partial charge in [-0.05, 0) is 76.9 Å². The molecule has 1 aliphatic heterocycles. The van der Waals surface area contributed by atoms with Crippen LogP contribution >= 0.6 is 0 Å². The molecule has 0 atom stereocenters. The van der Waals surface area contributed by atoms with Gasteiger partial charge in [-0.3, -0.25) is 0 Å². The van der Waals surface area contributed by atoms with Gasteiger partial charge in [-0.2, -0.15) is 0 Å². The van der Waals surface area contributed by atoms with Crippen LogP contribution in [0.5, 0.6) is 0 Å². The first-order chi connectivity index (χ1) is 15.3. The van der Waals surface area contributed by atoms with Gasteiger partial charge >= 0.3 is 0 Å². The van der Waals surface area contributed by atoms with Gasteiger partial charge in [-0.15, -0.1) is 0 Å². The molecule has 0 fully saturated rings. The van der Waals surface area contributed by atoms with Gasteiger partial charge in [0, 0.05) is 59.8 Å². The number of nitrogens with zero attached hydrogens (tertiary/aromatic N) is 2. The summed E-state index contributed by atoms with van der Waals surface area (Å²) in [7, 11) is 0. The van der Waals surface area contributed by atoms with Crippen LogP contribution in [0.1, 0.15) is 38.8 Å². The molecule has 0 saturated carbocycles. The average molecular weight is 431 g/mol. The molecule has 4 rings (SSSR count).